The Hall–Kier alpha value is -4.92. The number of hydrogen-bond donors (Lipinski definition) is 2. The lowest BCUT2D eigenvalue weighted by atomic mass is 10.1. The number of ether oxygens (including phenoxy) is 2. The molecule has 0 aliphatic heterocycles. The van der Waals surface area contributed by atoms with Crippen molar-refractivity contribution in [2.45, 2.75) is 20.0 Å². The van der Waals surface area contributed by atoms with Crippen LogP contribution in [0.4, 0.5) is 10.8 Å². The van der Waals surface area contributed by atoms with Crippen molar-refractivity contribution in [1.29, 1.82) is 0 Å². The summed E-state index contributed by atoms with van der Waals surface area (Å²) < 4.78 is 11.8. The smallest absolute Gasteiger partial charge is 0.271 e. The van der Waals surface area contributed by atoms with Crippen LogP contribution in [0, 0.1) is 6.92 Å². The van der Waals surface area contributed by atoms with E-state index in [1.807, 2.05) is 66.0 Å². The number of hydrogen-bond acceptors (Lipinski definition) is 7. The number of rotatable bonds is 12. The molecule has 0 radical (unpaired) electrons. The molecule has 222 valence electrons. The molecule has 0 aliphatic carbocycles. The number of methoxy groups -OCH3 is 1. The lowest BCUT2D eigenvalue weighted by Crippen LogP contribution is -2.17. The standard InChI is InChI=1S/C35H31ClN4O3S/c1-4-5-28-18-25(19-32(42-3)33(28)43-21-24-8-14-29(36)15-9-24)20-37-40-34(41)27-12-10-26(11-13-27)31-22-44-35(39-31)38-30-16-6-23(2)7-17-30/h4,6-20,22H,1,5,21H2,2-3H3,(H,38,39)(H,40,41)/b37-20-. The summed E-state index contributed by atoms with van der Waals surface area (Å²) in [5, 5.41) is 11.0. The Morgan fingerprint density at radius 1 is 1.05 bits per heavy atom. The van der Waals surface area contributed by atoms with Crippen LogP contribution in [0.15, 0.2) is 108 Å². The second kappa shape index (κ2) is 14.5. The number of carbonyl (C=O) groups excluding carboxylic acids is 1. The van der Waals surface area contributed by atoms with Gasteiger partial charge in [0.2, 0.25) is 0 Å². The molecule has 1 amide bonds. The number of nitrogens with one attached hydrogen (secondary N) is 2. The molecule has 0 unspecified atom stereocenters. The maximum atomic E-state index is 12.8. The molecular formula is C35H31ClN4O3S. The SMILES string of the molecule is C=CCc1cc(/C=N\NC(=O)c2ccc(-c3csc(Nc4ccc(C)cc4)n3)cc2)cc(OC)c1OCc1ccc(Cl)cc1. The van der Waals surface area contributed by atoms with Crippen molar-refractivity contribution in [2.24, 2.45) is 5.10 Å². The molecule has 1 aromatic heterocycles. The summed E-state index contributed by atoms with van der Waals surface area (Å²) in [6.07, 6.45) is 3.93. The van der Waals surface area contributed by atoms with Gasteiger partial charge < -0.3 is 14.8 Å². The lowest BCUT2D eigenvalue weighted by Gasteiger charge is -2.16. The van der Waals surface area contributed by atoms with Crippen LogP contribution < -0.4 is 20.2 Å². The average molecular weight is 623 g/mol. The monoisotopic (exact) mass is 622 g/mol. The third-order valence-electron chi connectivity index (χ3n) is 6.66. The first-order chi connectivity index (χ1) is 21.4. The first kappa shape index (κ1) is 30.5. The topological polar surface area (TPSA) is 84.8 Å². The minimum Gasteiger partial charge on any atom is -0.493 e. The molecule has 9 heteroatoms. The van der Waals surface area contributed by atoms with E-state index in [-0.39, 0.29) is 5.91 Å². The van der Waals surface area contributed by atoms with Gasteiger partial charge in [-0.15, -0.1) is 17.9 Å². The zero-order valence-electron chi connectivity index (χ0n) is 24.3. The minimum absolute atomic E-state index is 0.325. The number of anilines is 2. The molecule has 0 spiro atoms. The van der Waals surface area contributed by atoms with Gasteiger partial charge in [-0.2, -0.15) is 5.10 Å². The fraction of sp³-hybridized carbons (Fsp3) is 0.114. The van der Waals surface area contributed by atoms with E-state index in [0.29, 0.717) is 35.1 Å². The van der Waals surface area contributed by atoms with Crippen LogP contribution in [-0.2, 0) is 13.0 Å². The summed E-state index contributed by atoms with van der Waals surface area (Å²) in [5.41, 5.74) is 9.63. The van der Waals surface area contributed by atoms with Gasteiger partial charge in [0.15, 0.2) is 16.6 Å². The molecule has 0 fully saturated rings. The van der Waals surface area contributed by atoms with Gasteiger partial charge in [0.25, 0.3) is 5.91 Å². The van der Waals surface area contributed by atoms with E-state index in [4.69, 9.17) is 21.1 Å². The second-order valence-electron chi connectivity index (χ2n) is 9.92. The van der Waals surface area contributed by atoms with Crippen molar-refractivity contribution in [3.63, 3.8) is 0 Å². The molecule has 0 bridgehead atoms. The van der Waals surface area contributed by atoms with Crippen molar-refractivity contribution in [2.75, 3.05) is 12.4 Å². The quantitative estimate of drug-likeness (QED) is 0.0827. The average Bonchev–Trinajstić information content (AvgIpc) is 3.51. The number of carbonyl (C=O) groups is 1. The lowest BCUT2D eigenvalue weighted by molar-refractivity contribution is 0.0955. The van der Waals surface area contributed by atoms with Crippen molar-refractivity contribution in [3.05, 3.63) is 136 Å². The van der Waals surface area contributed by atoms with E-state index in [1.54, 1.807) is 31.5 Å². The Balaban J connectivity index is 1.22. The number of thiazole rings is 1. The van der Waals surface area contributed by atoms with E-state index >= 15 is 0 Å². The van der Waals surface area contributed by atoms with Gasteiger partial charge in [-0.1, -0.05) is 59.6 Å². The van der Waals surface area contributed by atoms with Crippen LogP contribution in [-0.4, -0.2) is 24.2 Å². The molecule has 1 heterocycles. The number of hydrazone groups is 1. The van der Waals surface area contributed by atoms with Crippen LogP contribution in [0.25, 0.3) is 11.3 Å². The molecule has 0 atom stereocenters. The van der Waals surface area contributed by atoms with Crippen LogP contribution in [0.2, 0.25) is 5.02 Å². The number of amides is 1. The van der Waals surface area contributed by atoms with Crippen LogP contribution in [0.1, 0.15) is 32.6 Å². The van der Waals surface area contributed by atoms with Crippen LogP contribution >= 0.6 is 22.9 Å². The highest BCUT2D eigenvalue weighted by Crippen LogP contribution is 2.34. The van der Waals surface area contributed by atoms with Gasteiger partial charge in [-0.05, 0) is 73.0 Å². The van der Waals surface area contributed by atoms with Crippen molar-refractivity contribution >= 4 is 45.9 Å². The van der Waals surface area contributed by atoms with Gasteiger partial charge in [-0.3, -0.25) is 4.79 Å². The Morgan fingerprint density at radius 3 is 2.50 bits per heavy atom. The summed E-state index contributed by atoms with van der Waals surface area (Å²) in [7, 11) is 1.58. The normalized spacial score (nSPS) is 10.9. The zero-order valence-corrected chi connectivity index (χ0v) is 25.9. The van der Waals surface area contributed by atoms with Gasteiger partial charge in [0.05, 0.1) is 19.0 Å². The van der Waals surface area contributed by atoms with E-state index in [0.717, 1.165) is 38.8 Å². The molecule has 5 rings (SSSR count). The summed E-state index contributed by atoms with van der Waals surface area (Å²) in [6, 6.07) is 26.6. The number of nitrogens with zero attached hydrogens (tertiary/aromatic N) is 2. The van der Waals surface area contributed by atoms with Gasteiger partial charge in [0.1, 0.15) is 6.61 Å². The minimum atomic E-state index is -0.325. The third-order valence-corrected chi connectivity index (χ3v) is 7.67. The predicted octanol–water partition coefficient (Wildman–Crippen LogP) is 8.60. The number of halogens is 1. The highest BCUT2D eigenvalue weighted by Gasteiger charge is 2.13. The van der Waals surface area contributed by atoms with E-state index < -0.39 is 0 Å². The fourth-order valence-electron chi connectivity index (χ4n) is 4.36. The third kappa shape index (κ3) is 7.92. The Bertz CT molecular complexity index is 1770. The largest absolute Gasteiger partial charge is 0.493 e. The Kier molecular flexibility index (Phi) is 10.1. The van der Waals surface area contributed by atoms with Crippen molar-refractivity contribution < 1.29 is 14.3 Å². The number of aromatic nitrogens is 1. The molecular weight excluding hydrogens is 592 g/mol. The van der Waals surface area contributed by atoms with Crippen molar-refractivity contribution in [3.8, 4) is 22.8 Å². The van der Waals surface area contributed by atoms with Gasteiger partial charge in [0, 0.05) is 32.8 Å². The summed E-state index contributed by atoms with van der Waals surface area (Å²) >= 11 is 7.52. The number of aryl methyl sites for hydroxylation is 1. The maximum absolute atomic E-state index is 12.8. The molecule has 0 saturated heterocycles. The molecule has 2 N–H and O–H groups in total. The van der Waals surface area contributed by atoms with E-state index in [1.165, 1.54) is 16.9 Å². The molecule has 5 aromatic rings. The molecule has 0 saturated carbocycles. The molecule has 44 heavy (non-hydrogen) atoms. The number of allylic oxidation sites excluding steroid dienone is 1. The number of benzene rings is 4. The highest BCUT2D eigenvalue weighted by molar-refractivity contribution is 7.14. The van der Waals surface area contributed by atoms with Gasteiger partial charge in [-0.25, -0.2) is 10.4 Å². The molecule has 0 aliphatic rings. The van der Waals surface area contributed by atoms with Crippen molar-refractivity contribution in [1.82, 2.24) is 10.4 Å². The summed E-state index contributed by atoms with van der Waals surface area (Å²) in [6.45, 7) is 6.28. The summed E-state index contributed by atoms with van der Waals surface area (Å²) in [5.74, 6) is 0.858. The van der Waals surface area contributed by atoms with Crippen LogP contribution in [0.5, 0.6) is 11.5 Å². The van der Waals surface area contributed by atoms with Crippen LogP contribution in [0.3, 0.4) is 0 Å². The first-order valence-electron chi connectivity index (χ1n) is 13.8. The van der Waals surface area contributed by atoms with E-state index in [2.05, 4.69) is 46.5 Å². The molecule has 4 aromatic carbocycles. The first-order valence-corrected chi connectivity index (χ1v) is 15.1. The molecule has 7 nitrogen and oxygen atoms in total. The predicted molar refractivity (Wildman–Crippen MR) is 180 cm³/mol. The maximum Gasteiger partial charge on any atom is 0.271 e. The van der Waals surface area contributed by atoms with Gasteiger partial charge >= 0.3 is 0 Å². The van der Waals surface area contributed by atoms with E-state index in [9.17, 15) is 4.79 Å². The Labute approximate surface area is 265 Å². The highest BCUT2D eigenvalue weighted by atomic mass is 35.5. The zero-order chi connectivity index (χ0) is 30.9. The Morgan fingerprint density at radius 2 is 1.80 bits per heavy atom. The summed E-state index contributed by atoms with van der Waals surface area (Å²) in [4.78, 5) is 17.5. The second-order valence-corrected chi connectivity index (χ2v) is 11.2. The fourth-order valence-corrected chi connectivity index (χ4v) is 5.23.